The Labute approximate surface area is 194 Å². The zero-order valence-corrected chi connectivity index (χ0v) is 19.1. The van der Waals surface area contributed by atoms with Crippen molar-refractivity contribution in [3.63, 3.8) is 0 Å². The van der Waals surface area contributed by atoms with Gasteiger partial charge in [0.25, 0.3) is 5.91 Å². The second-order valence-electron chi connectivity index (χ2n) is 6.12. The number of ether oxygens (including phenoxy) is 1. The molecule has 1 aromatic carbocycles. The highest BCUT2D eigenvalue weighted by molar-refractivity contribution is 9.10. The van der Waals surface area contributed by atoms with E-state index in [4.69, 9.17) is 23.2 Å². The minimum absolute atomic E-state index is 0.132. The van der Waals surface area contributed by atoms with Crippen LogP contribution in [-0.4, -0.2) is 40.0 Å². The summed E-state index contributed by atoms with van der Waals surface area (Å²) < 4.78 is 18.6. The molecule has 0 aliphatic carbocycles. The van der Waals surface area contributed by atoms with Gasteiger partial charge in [0.1, 0.15) is 23.6 Å². The van der Waals surface area contributed by atoms with E-state index in [-0.39, 0.29) is 22.9 Å². The van der Waals surface area contributed by atoms with Crippen molar-refractivity contribution in [3.05, 3.63) is 62.4 Å². The molecule has 0 atom stereocenters. The smallest absolute Gasteiger partial charge is 0.411 e. The highest BCUT2D eigenvalue weighted by Crippen LogP contribution is 2.31. The molecule has 2 N–H and O–H groups in total. The van der Waals surface area contributed by atoms with Crippen LogP contribution in [0.25, 0.3) is 5.82 Å². The van der Waals surface area contributed by atoms with Crippen LogP contribution in [0.4, 0.5) is 20.6 Å². The summed E-state index contributed by atoms with van der Waals surface area (Å²) >= 11 is 15.5. The number of carbonyl (C=O) groups is 2. The molecule has 2 amide bonds. The molecule has 0 saturated heterocycles. The first-order valence-electron chi connectivity index (χ1n) is 8.78. The monoisotopic (exact) mass is 529 g/mol. The van der Waals surface area contributed by atoms with Gasteiger partial charge in [0.2, 0.25) is 0 Å². The molecule has 2 aromatic heterocycles. The van der Waals surface area contributed by atoms with Crippen molar-refractivity contribution in [2.45, 2.75) is 6.92 Å². The van der Waals surface area contributed by atoms with Crippen molar-refractivity contribution in [2.75, 3.05) is 23.9 Å². The molecule has 162 valence electrons. The summed E-state index contributed by atoms with van der Waals surface area (Å²) in [6.07, 6.45) is 0.634. The Balaban J connectivity index is 1.94. The van der Waals surface area contributed by atoms with Crippen LogP contribution in [0.2, 0.25) is 10.0 Å². The average Bonchev–Trinajstić information content (AvgIpc) is 3.10. The van der Waals surface area contributed by atoms with Gasteiger partial charge in [-0.1, -0.05) is 23.2 Å². The number of aromatic nitrogens is 3. The minimum atomic E-state index is -0.886. The predicted molar refractivity (Wildman–Crippen MR) is 119 cm³/mol. The number of halogens is 4. The molecular weight excluding hydrogens is 516 g/mol. The number of anilines is 2. The van der Waals surface area contributed by atoms with Crippen molar-refractivity contribution < 1.29 is 18.7 Å². The van der Waals surface area contributed by atoms with Crippen molar-refractivity contribution in [3.8, 4) is 5.82 Å². The van der Waals surface area contributed by atoms with E-state index in [1.807, 2.05) is 0 Å². The van der Waals surface area contributed by atoms with Crippen molar-refractivity contribution in [2.24, 2.45) is 0 Å². The number of nitrogens with zero attached hydrogens (tertiary/aromatic N) is 3. The maximum atomic E-state index is 13.1. The van der Waals surface area contributed by atoms with Crippen molar-refractivity contribution >= 4 is 62.5 Å². The van der Waals surface area contributed by atoms with Crippen LogP contribution in [0.5, 0.6) is 0 Å². The number of hydrogen-bond donors (Lipinski definition) is 2. The molecule has 0 spiro atoms. The number of aryl methyl sites for hydroxylation is 1. The lowest BCUT2D eigenvalue weighted by Gasteiger charge is -2.16. The molecular formula is C19H15BrCl2FN5O3. The number of benzene rings is 1. The third kappa shape index (κ3) is 5.52. The molecule has 2 heterocycles. The van der Waals surface area contributed by atoms with Gasteiger partial charge in [-0.25, -0.2) is 18.9 Å². The first-order valence-corrected chi connectivity index (χ1v) is 10.3. The number of alkyl halides is 1. The molecule has 0 saturated carbocycles. The Kier molecular flexibility index (Phi) is 7.47. The summed E-state index contributed by atoms with van der Waals surface area (Å²) in [6.45, 7) is 0.480. The zero-order chi connectivity index (χ0) is 22.5. The normalized spacial score (nSPS) is 10.6. The fourth-order valence-corrected chi connectivity index (χ4v) is 3.52. The fourth-order valence-electron chi connectivity index (χ4n) is 2.67. The van der Waals surface area contributed by atoms with E-state index in [9.17, 15) is 14.0 Å². The van der Waals surface area contributed by atoms with Crippen LogP contribution >= 0.6 is 39.1 Å². The Morgan fingerprint density at radius 2 is 2.03 bits per heavy atom. The molecule has 0 bridgehead atoms. The third-order valence-corrected chi connectivity index (χ3v) is 4.84. The van der Waals surface area contributed by atoms with E-state index in [0.29, 0.717) is 20.2 Å². The molecule has 31 heavy (non-hydrogen) atoms. The van der Waals surface area contributed by atoms with Gasteiger partial charge < -0.3 is 10.1 Å². The average molecular weight is 531 g/mol. The number of hydrogen-bond acceptors (Lipinski definition) is 5. The van der Waals surface area contributed by atoms with E-state index < -0.39 is 25.3 Å². The summed E-state index contributed by atoms with van der Waals surface area (Å²) in [5.41, 5.74) is 1.17. The first kappa shape index (κ1) is 23.0. The van der Waals surface area contributed by atoms with E-state index in [1.165, 1.54) is 23.0 Å². The van der Waals surface area contributed by atoms with Gasteiger partial charge in [-0.3, -0.25) is 10.1 Å². The molecule has 0 aliphatic heterocycles. The lowest BCUT2D eigenvalue weighted by Crippen LogP contribution is -2.21. The summed E-state index contributed by atoms with van der Waals surface area (Å²) in [6, 6.07) is 7.81. The van der Waals surface area contributed by atoms with E-state index >= 15 is 0 Å². The standard InChI is InChI=1S/C19H15BrCl2FN5O3/c1-10-7-11(21)8-13(25-19(30)31-6-4-23)16(10)26-18(29)14-9-15(20)27-28(14)17-12(22)3-2-5-24-17/h2-3,5,7-9H,4,6H2,1H3,(H,25,30)(H,26,29). The van der Waals surface area contributed by atoms with Crippen LogP contribution in [0.15, 0.2) is 41.1 Å². The number of amides is 2. The number of pyridine rings is 1. The number of rotatable bonds is 6. The van der Waals surface area contributed by atoms with E-state index in [0.717, 1.165) is 0 Å². The quantitative estimate of drug-likeness (QED) is 0.443. The van der Waals surface area contributed by atoms with Gasteiger partial charge >= 0.3 is 6.09 Å². The number of carbonyl (C=O) groups excluding carboxylic acids is 2. The maximum Gasteiger partial charge on any atom is 0.411 e. The van der Waals surface area contributed by atoms with E-state index in [2.05, 4.69) is 41.4 Å². The van der Waals surface area contributed by atoms with E-state index in [1.54, 1.807) is 25.1 Å². The highest BCUT2D eigenvalue weighted by Gasteiger charge is 2.21. The second-order valence-corrected chi connectivity index (χ2v) is 7.78. The molecule has 3 rings (SSSR count). The summed E-state index contributed by atoms with van der Waals surface area (Å²) in [5.74, 6) is -0.286. The highest BCUT2D eigenvalue weighted by atomic mass is 79.9. The molecule has 0 fully saturated rings. The Hall–Kier alpha value is -2.69. The molecule has 0 radical (unpaired) electrons. The molecule has 0 unspecified atom stereocenters. The SMILES string of the molecule is Cc1cc(Cl)cc(NC(=O)OCCF)c1NC(=O)c1cc(Br)nn1-c1ncccc1Cl. The fraction of sp³-hybridized carbons (Fsp3) is 0.158. The van der Waals surface area contributed by atoms with Gasteiger partial charge in [0.15, 0.2) is 5.82 Å². The van der Waals surface area contributed by atoms with Crippen LogP contribution in [0, 0.1) is 6.92 Å². The zero-order valence-electron chi connectivity index (χ0n) is 16.0. The molecule has 12 heteroatoms. The summed E-state index contributed by atoms with van der Waals surface area (Å²) in [7, 11) is 0. The Bertz CT molecular complexity index is 1140. The lowest BCUT2D eigenvalue weighted by molar-refractivity contribution is 0.101. The van der Waals surface area contributed by atoms with Crippen LogP contribution in [-0.2, 0) is 4.74 Å². The predicted octanol–water partition coefficient (Wildman–Crippen LogP) is 5.42. The molecule has 0 aliphatic rings. The minimum Gasteiger partial charge on any atom is -0.447 e. The molecule has 8 nitrogen and oxygen atoms in total. The first-order chi connectivity index (χ1) is 14.8. The maximum absolute atomic E-state index is 13.1. The number of nitrogens with one attached hydrogen (secondary N) is 2. The third-order valence-electron chi connectivity index (χ3n) is 3.94. The van der Waals surface area contributed by atoms with Crippen LogP contribution in [0.3, 0.4) is 0 Å². The lowest BCUT2D eigenvalue weighted by atomic mass is 10.1. The van der Waals surface area contributed by atoms with Crippen molar-refractivity contribution in [1.82, 2.24) is 14.8 Å². The largest absolute Gasteiger partial charge is 0.447 e. The Morgan fingerprint density at radius 3 is 2.74 bits per heavy atom. The van der Waals surface area contributed by atoms with Gasteiger partial charge in [-0.2, -0.15) is 5.10 Å². The topological polar surface area (TPSA) is 98.1 Å². The van der Waals surface area contributed by atoms with Gasteiger partial charge in [0, 0.05) is 17.3 Å². The molecule has 3 aromatic rings. The Morgan fingerprint density at radius 1 is 1.26 bits per heavy atom. The van der Waals surface area contributed by atoms with Crippen LogP contribution < -0.4 is 10.6 Å². The van der Waals surface area contributed by atoms with Gasteiger partial charge in [-0.05, 0) is 52.7 Å². The second kappa shape index (κ2) is 10.1. The van der Waals surface area contributed by atoms with Gasteiger partial charge in [0.05, 0.1) is 16.4 Å². The summed E-state index contributed by atoms with van der Waals surface area (Å²) in [5, 5.41) is 10.0. The van der Waals surface area contributed by atoms with Crippen LogP contribution in [0.1, 0.15) is 16.1 Å². The van der Waals surface area contributed by atoms with Crippen molar-refractivity contribution in [1.29, 1.82) is 0 Å². The summed E-state index contributed by atoms with van der Waals surface area (Å²) in [4.78, 5) is 29.1. The van der Waals surface area contributed by atoms with Gasteiger partial charge in [-0.15, -0.1) is 0 Å².